The number of rotatable bonds is 6. The van der Waals surface area contributed by atoms with E-state index >= 15 is 0 Å². The summed E-state index contributed by atoms with van der Waals surface area (Å²) in [6, 6.07) is 5.81. The number of fused-ring (bicyclic) bond motifs is 5. The molecule has 5 saturated heterocycles. The van der Waals surface area contributed by atoms with E-state index in [1.54, 1.807) is 6.07 Å². The quantitative estimate of drug-likeness (QED) is 0.322. The Labute approximate surface area is 262 Å². The number of nitrogens with one attached hydrogen (secondary N) is 1. The highest BCUT2D eigenvalue weighted by Crippen LogP contribution is 2.44. The summed E-state index contributed by atoms with van der Waals surface area (Å²) in [7, 11) is 0. The number of nitrogens with zero attached hydrogens (tertiary/aromatic N) is 7. The summed E-state index contributed by atoms with van der Waals surface area (Å²) in [6.45, 7) is 3.81. The number of nitriles is 1. The van der Waals surface area contributed by atoms with Gasteiger partial charge in [-0.2, -0.15) is 20.2 Å². The highest BCUT2D eigenvalue weighted by Gasteiger charge is 2.49. The Balaban J connectivity index is 1.25. The molecule has 0 spiro atoms. The maximum atomic E-state index is 14.8. The van der Waals surface area contributed by atoms with Crippen molar-refractivity contribution in [2.24, 2.45) is 0 Å². The summed E-state index contributed by atoms with van der Waals surface area (Å²) in [4.78, 5) is 23.7. The van der Waals surface area contributed by atoms with Crippen LogP contribution in [0.5, 0.6) is 6.01 Å². The van der Waals surface area contributed by atoms with Crippen LogP contribution in [0.1, 0.15) is 49.3 Å². The van der Waals surface area contributed by atoms with E-state index in [-0.39, 0.29) is 41.2 Å². The van der Waals surface area contributed by atoms with E-state index in [4.69, 9.17) is 34.6 Å². The van der Waals surface area contributed by atoms with Crippen LogP contribution in [0.4, 0.5) is 20.6 Å². The zero-order chi connectivity index (χ0) is 31.2. The lowest BCUT2D eigenvalue weighted by Gasteiger charge is -2.35. The SMILES string of the molecule is N#Cc1c(-c2ccc(F)c3oc(N)nc23)c(C2COC2)nc2c(N3CC4CCC(C3)N4)nc(OC[C@@]34CCCN3C[C@H](F)C4)nc12. The van der Waals surface area contributed by atoms with Crippen molar-refractivity contribution in [1.29, 1.82) is 5.26 Å². The average Bonchev–Trinajstić information content (AvgIpc) is 3.76. The fraction of sp³-hybridized carbons (Fsp3) is 0.531. The third kappa shape index (κ3) is 4.32. The third-order valence-electron chi connectivity index (χ3n) is 10.5. The fourth-order valence-corrected chi connectivity index (χ4v) is 8.29. The van der Waals surface area contributed by atoms with Gasteiger partial charge in [0.15, 0.2) is 17.2 Å². The van der Waals surface area contributed by atoms with Crippen LogP contribution >= 0.6 is 0 Å². The van der Waals surface area contributed by atoms with Gasteiger partial charge in [0.25, 0.3) is 6.01 Å². The van der Waals surface area contributed by atoms with Gasteiger partial charge in [0, 0.05) is 55.2 Å². The Morgan fingerprint density at radius 3 is 2.67 bits per heavy atom. The Bertz CT molecular complexity index is 1910. The summed E-state index contributed by atoms with van der Waals surface area (Å²) >= 11 is 0. The van der Waals surface area contributed by atoms with E-state index in [1.807, 2.05) is 0 Å². The molecule has 0 radical (unpaired) electrons. The summed E-state index contributed by atoms with van der Waals surface area (Å²) in [6.07, 6.45) is 3.50. The molecule has 4 atom stereocenters. The number of halogens is 2. The number of aromatic nitrogens is 4. The Morgan fingerprint density at radius 2 is 1.91 bits per heavy atom. The predicted octanol–water partition coefficient (Wildman–Crippen LogP) is 3.44. The van der Waals surface area contributed by atoms with E-state index < -0.39 is 17.5 Å². The van der Waals surface area contributed by atoms with E-state index in [2.05, 4.69) is 26.2 Å². The van der Waals surface area contributed by atoms with Crippen molar-refractivity contribution in [2.45, 2.75) is 61.8 Å². The number of alkyl halides is 1. The first-order valence-electron chi connectivity index (χ1n) is 16.0. The number of benzene rings is 1. The highest BCUT2D eigenvalue weighted by atomic mass is 19.1. The van der Waals surface area contributed by atoms with Gasteiger partial charge in [-0.3, -0.25) is 4.90 Å². The zero-order valence-electron chi connectivity index (χ0n) is 25.1. The summed E-state index contributed by atoms with van der Waals surface area (Å²) in [5.74, 6) is -0.115. The first-order chi connectivity index (χ1) is 22.4. The maximum absolute atomic E-state index is 14.8. The van der Waals surface area contributed by atoms with Crippen molar-refractivity contribution in [3.05, 3.63) is 29.2 Å². The van der Waals surface area contributed by atoms with Crippen LogP contribution < -0.4 is 20.7 Å². The standard InChI is InChI=1S/C32H33F2N9O3/c33-17-8-32(6-1-7-43(32)10-17)15-45-31-40-25-21(9-35)23(20-4-5-22(34)28-26(20)39-30(36)46-28)24(16-13-44-14-16)38-27(25)29(41-31)42-11-18-2-3-19(12-42)37-18/h4-5,16-19,37H,1-3,6-8,10-15H2,(H2,36,39)/t17-,18?,19?,32+/m1/s1. The van der Waals surface area contributed by atoms with Crippen molar-refractivity contribution >= 4 is 34.0 Å². The molecule has 1 aromatic carbocycles. The van der Waals surface area contributed by atoms with Crippen LogP contribution in [0.3, 0.4) is 0 Å². The third-order valence-corrected chi connectivity index (χ3v) is 10.5. The van der Waals surface area contributed by atoms with Gasteiger partial charge in [0.1, 0.15) is 35.4 Å². The molecule has 5 aliphatic heterocycles. The van der Waals surface area contributed by atoms with Crippen LogP contribution in [0.15, 0.2) is 16.5 Å². The van der Waals surface area contributed by atoms with Crippen LogP contribution in [0, 0.1) is 17.1 Å². The number of hydrogen-bond donors (Lipinski definition) is 2. The summed E-state index contributed by atoms with van der Waals surface area (Å²) in [5.41, 5.74) is 8.22. The Morgan fingerprint density at radius 1 is 1.09 bits per heavy atom. The van der Waals surface area contributed by atoms with Gasteiger partial charge >= 0.3 is 6.01 Å². The number of oxazole rings is 1. The molecule has 3 N–H and O–H groups in total. The van der Waals surface area contributed by atoms with Crippen LogP contribution in [0.25, 0.3) is 33.3 Å². The molecule has 5 aliphatic rings. The molecule has 8 heterocycles. The van der Waals surface area contributed by atoms with Gasteiger partial charge in [-0.05, 0) is 44.4 Å². The minimum absolute atomic E-state index is 0.0957. The van der Waals surface area contributed by atoms with E-state index in [1.165, 1.54) is 6.07 Å². The molecule has 2 bridgehead atoms. The molecular weight excluding hydrogens is 596 g/mol. The van der Waals surface area contributed by atoms with Crippen molar-refractivity contribution in [3.8, 4) is 23.2 Å². The van der Waals surface area contributed by atoms with Gasteiger partial charge in [0.05, 0.1) is 30.0 Å². The van der Waals surface area contributed by atoms with Crippen molar-refractivity contribution in [1.82, 2.24) is 30.2 Å². The first-order valence-corrected chi connectivity index (χ1v) is 16.0. The lowest BCUT2D eigenvalue weighted by Crippen LogP contribution is -2.51. The molecule has 0 amide bonds. The lowest BCUT2D eigenvalue weighted by molar-refractivity contribution is 0.00707. The summed E-state index contributed by atoms with van der Waals surface area (Å²) in [5, 5.41) is 14.5. The molecule has 0 aliphatic carbocycles. The van der Waals surface area contributed by atoms with Crippen molar-refractivity contribution < 1.29 is 22.7 Å². The van der Waals surface area contributed by atoms with Gasteiger partial charge in [0.2, 0.25) is 0 Å². The monoisotopic (exact) mass is 629 g/mol. The fourth-order valence-electron chi connectivity index (χ4n) is 8.29. The molecule has 9 rings (SSSR count). The smallest absolute Gasteiger partial charge is 0.319 e. The van der Waals surface area contributed by atoms with E-state index in [0.717, 1.165) is 45.3 Å². The molecule has 2 unspecified atom stereocenters. The number of nitrogen functional groups attached to an aromatic ring is 1. The second-order valence-electron chi connectivity index (χ2n) is 13.4. The number of nitrogens with two attached hydrogens (primary N) is 1. The zero-order valence-corrected chi connectivity index (χ0v) is 25.1. The van der Waals surface area contributed by atoms with Crippen LogP contribution in [-0.2, 0) is 4.74 Å². The average molecular weight is 630 g/mol. The normalized spacial score (nSPS) is 27.8. The largest absolute Gasteiger partial charge is 0.461 e. The van der Waals surface area contributed by atoms with Gasteiger partial charge in [-0.15, -0.1) is 0 Å². The number of anilines is 2. The molecule has 14 heteroatoms. The van der Waals surface area contributed by atoms with Gasteiger partial charge in [-0.25, -0.2) is 13.8 Å². The lowest BCUT2D eigenvalue weighted by atomic mass is 9.89. The highest BCUT2D eigenvalue weighted by molar-refractivity contribution is 6.01. The van der Waals surface area contributed by atoms with Gasteiger partial charge in [-0.1, -0.05) is 0 Å². The topological polar surface area (TPSA) is 151 Å². The number of pyridine rings is 1. The second-order valence-corrected chi connectivity index (χ2v) is 13.4. The Kier molecular flexibility index (Phi) is 6.35. The number of hydrogen-bond acceptors (Lipinski definition) is 12. The van der Waals surface area contributed by atoms with Crippen molar-refractivity contribution in [3.63, 3.8) is 0 Å². The predicted molar refractivity (Wildman–Crippen MR) is 164 cm³/mol. The molecule has 5 fully saturated rings. The van der Waals surface area contributed by atoms with Gasteiger partial charge < -0.3 is 29.8 Å². The Hall–Kier alpha value is -4.19. The molecule has 4 aromatic rings. The molecular formula is C32H33F2N9O3. The van der Waals surface area contributed by atoms with Crippen LogP contribution in [0.2, 0.25) is 0 Å². The molecule has 238 valence electrons. The van der Waals surface area contributed by atoms with Crippen molar-refractivity contribution in [2.75, 3.05) is 56.6 Å². The van der Waals surface area contributed by atoms with E-state index in [9.17, 15) is 14.0 Å². The minimum Gasteiger partial charge on any atom is -0.461 e. The number of ether oxygens (including phenoxy) is 2. The molecule has 46 heavy (non-hydrogen) atoms. The molecule has 3 aromatic heterocycles. The minimum atomic E-state index is -0.891. The summed E-state index contributed by atoms with van der Waals surface area (Å²) < 4.78 is 46.7. The van der Waals surface area contributed by atoms with E-state index in [0.29, 0.717) is 71.9 Å². The number of piperazine rings is 1. The first kappa shape index (κ1) is 28.1. The molecule has 0 saturated carbocycles. The molecule has 12 nitrogen and oxygen atoms in total. The maximum Gasteiger partial charge on any atom is 0.319 e. The second kappa shape index (κ2) is 10.4. The van der Waals surface area contributed by atoms with Crippen LogP contribution in [-0.4, -0.2) is 94.6 Å².